The molecule has 0 saturated heterocycles. The van der Waals surface area contributed by atoms with E-state index in [0.717, 1.165) is 0 Å². The Labute approximate surface area is 279 Å². The van der Waals surface area contributed by atoms with E-state index in [4.69, 9.17) is 146 Å². The van der Waals surface area contributed by atoms with Crippen LogP contribution in [0.15, 0.2) is 0 Å². The molecule has 0 aromatic carbocycles. The van der Waals surface area contributed by atoms with Crippen molar-refractivity contribution in [1.82, 2.24) is 0 Å². The first kappa shape index (κ1) is 60.4. The van der Waals surface area contributed by atoms with Gasteiger partial charge in [0.05, 0.1) is 0 Å². The summed E-state index contributed by atoms with van der Waals surface area (Å²) in [5.41, 5.74) is 0. The first-order valence-corrected chi connectivity index (χ1v) is 17.6. The van der Waals surface area contributed by atoms with Crippen molar-refractivity contribution in [2.75, 3.05) is 0 Å². The second-order valence-corrected chi connectivity index (χ2v) is 12.2. The van der Waals surface area contributed by atoms with E-state index < -0.39 is 83.6 Å². The second-order valence-electron chi connectivity index (χ2n) is 6.02. The van der Waals surface area contributed by atoms with Crippen molar-refractivity contribution in [2.45, 2.75) is 36.6 Å². The van der Waals surface area contributed by atoms with Crippen LogP contribution in [0.25, 0.3) is 0 Å². The fourth-order valence-corrected chi connectivity index (χ4v) is 1.21. The summed E-state index contributed by atoms with van der Waals surface area (Å²) in [6.07, 6.45) is -9.84. The molecule has 1 radical (unpaired) electrons. The maximum atomic E-state index is 8.97. The van der Waals surface area contributed by atoms with Gasteiger partial charge in [-0.3, -0.25) is 0 Å². The van der Waals surface area contributed by atoms with Gasteiger partial charge in [-0.1, -0.05) is 0 Å². The predicted octanol–water partition coefficient (Wildman–Crippen LogP) is -9.79. The largest absolute Gasteiger partial charge is 0.466 e. The molecular formula is C6H30KO30P6. The fraction of sp³-hybridized carbons (Fsp3) is 1.00. The molecule has 0 aliphatic heterocycles. The van der Waals surface area contributed by atoms with Gasteiger partial charge >= 0.3 is 46.9 Å². The summed E-state index contributed by atoms with van der Waals surface area (Å²) in [4.78, 5) is 129. The Morgan fingerprint density at radius 3 is 0.279 bits per heavy atom. The number of aliphatic hydroxyl groups is 6. The molecule has 43 heavy (non-hydrogen) atoms. The van der Waals surface area contributed by atoms with Gasteiger partial charge in [0, 0.05) is 51.4 Å². The molecule has 0 amide bonds. The monoisotopic (exact) mass is 807 g/mol. The summed E-state index contributed by atoms with van der Waals surface area (Å²) in [5, 5.41) is 53.8. The van der Waals surface area contributed by atoms with Crippen LogP contribution in [0.1, 0.15) is 0 Å². The van der Waals surface area contributed by atoms with Crippen LogP contribution in [0.2, 0.25) is 0 Å². The van der Waals surface area contributed by atoms with E-state index in [1.807, 2.05) is 0 Å². The van der Waals surface area contributed by atoms with Crippen molar-refractivity contribution in [3.05, 3.63) is 0 Å². The van der Waals surface area contributed by atoms with Crippen molar-refractivity contribution in [3.8, 4) is 0 Å². The average Bonchev–Trinajstić information content (AvgIpc) is 2.55. The topological polar surface area (TPSA) is 588 Å². The molecule has 1 saturated carbocycles. The smallest absolute Gasteiger partial charge is 0.387 e. The number of aliphatic hydroxyl groups excluding tert-OH is 6. The van der Waals surface area contributed by atoms with Crippen LogP contribution < -0.4 is 0 Å². The third kappa shape index (κ3) is 115. The predicted molar refractivity (Wildman–Crippen MR) is 127 cm³/mol. The Hall–Kier alpha value is 2.06. The fourth-order valence-electron chi connectivity index (χ4n) is 1.21. The number of rotatable bonds is 0. The summed E-state index contributed by atoms with van der Waals surface area (Å²) in [6.45, 7) is 0. The molecule has 0 aromatic rings. The number of phosphoric acid groups is 6. The van der Waals surface area contributed by atoms with Crippen molar-refractivity contribution in [2.24, 2.45) is 0 Å². The van der Waals surface area contributed by atoms with Crippen molar-refractivity contribution in [1.29, 1.82) is 0 Å². The molecule has 30 nitrogen and oxygen atoms in total. The minimum Gasteiger partial charge on any atom is -0.387 e. The molecule has 1 aliphatic rings. The van der Waals surface area contributed by atoms with E-state index in [0.29, 0.717) is 0 Å². The summed E-state index contributed by atoms with van der Waals surface area (Å²) >= 11 is 0. The molecule has 0 heterocycles. The Kier molecular flexibility index (Phi) is 36.5. The van der Waals surface area contributed by atoms with E-state index >= 15 is 0 Å². The molecule has 0 unspecified atom stereocenters. The molecule has 0 spiro atoms. The van der Waals surface area contributed by atoms with Crippen LogP contribution in [0.3, 0.4) is 0 Å². The molecule has 0 bridgehead atoms. The van der Waals surface area contributed by atoms with E-state index in [-0.39, 0.29) is 51.4 Å². The average molecular weight is 807 g/mol. The third-order valence-electron chi connectivity index (χ3n) is 2.10. The van der Waals surface area contributed by atoms with E-state index in [1.54, 1.807) is 0 Å². The minimum atomic E-state index is -4.64. The van der Waals surface area contributed by atoms with Crippen LogP contribution in [0.4, 0.5) is 0 Å². The molecular weight excluding hydrogens is 777 g/mol. The maximum absolute atomic E-state index is 8.97. The zero-order chi connectivity index (χ0) is 36.5. The molecule has 1 fully saturated rings. The van der Waals surface area contributed by atoms with E-state index in [9.17, 15) is 0 Å². The summed E-state index contributed by atoms with van der Waals surface area (Å²) in [5.74, 6) is 0. The van der Waals surface area contributed by atoms with E-state index in [1.165, 1.54) is 0 Å². The molecule has 265 valence electrons. The first-order chi connectivity index (χ1) is 17.5. The van der Waals surface area contributed by atoms with Gasteiger partial charge in [0.25, 0.3) is 0 Å². The van der Waals surface area contributed by atoms with Crippen LogP contribution in [-0.4, -0.2) is 207 Å². The maximum Gasteiger partial charge on any atom is 0.466 e. The van der Waals surface area contributed by atoms with Gasteiger partial charge in [0.2, 0.25) is 0 Å². The van der Waals surface area contributed by atoms with Gasteiger partial charge in [-0.2, -0.15) is 0 Å². The summed E-state index contributed by atoms with van der Waals surface area (Å²) in [7, 11) is -27.8. The Balaban J connectivity index is -0.0000000733. The normalized spacial score (nSPS) is 23.7. The molecule has 1 aliphatic carbocycles. The van der Waals surface area contributed by atoms with Gasteiger partial charge in [-0.05, 0) is 0 Å². The van der Waals surface area contributed by atoms with Crippen LogP contribution in [0.5, 0.6) is 0 Å². The third-order valence-corrected chi connectivity index (χ3v) is 2.10. The van der Waals surface area contributed by atoms with Crippen molar-refractivity contribution < 1.29 is 146 Å². The minimum absolute atomic E-state index is 0. The Bertz CT molecular complexity index is 700. The number of hydrogen-bond donors (Lipinski definition) is 24. The Morgan fingerprint density at radius 1 is 0.233 bits per heavy atom. The van der Waals surface area contributed by atoms with Crippen LogP contribution in [-0.2, 0) is 27.4 Å². The first-order valence-electron chi connectivity index (χ1n) is 8.24. The van der Waals surface area contributed by atoms with Gasteiger partial charge in [-0.15, -0.1) is 0 Å². The van der Waals surface area contributed by atoms with Gasteiger partial charge < -0.3 is 119 Å². The summed E-state index contributed by atoms with van der Waals surface area (Å²) in [6, 6.07) is 0. The Morgan fingerprint density at radius 2 is 0.256 bits per heavy atom. The molecule has 0 aromatic heterocycles. The van der Waals surface area contributed by atoms with Gasteiger partial charge in [0.1, 0.15) is 36.6 Å². The van der Waals surface area contributed by atoms with Gasteiger partial charge in [-0.25, -0.2) is 27.4 Å². The van der Waals surface area contributed by atoms with Crippen molar-refractivity contribution in [3.63, 3.8) is 0 Å². The number of hydrogen-bond acceptors (Lipinski definition) is 12. The SMILES string of the molecule is O=P(O)(O)O.O=P(O)(O)O.O=P(O)(O)O.O=P(O)(O)O.O=P(O)(O)O.O=P(O)(O)O.OC1C(O)C(O)C(O)C(O)C1O.[K]. The van der Waals surface area contributed by atoms with Crippen LogP contribution in [0, 0.1) is 0 Å². The second kappa shape index (κ2) is 26.0. The molecule has 37 heteroatoms. The van der Waals surface area contributed by atoms with Crippen LogP contribution >= 0.6 is 46.9 Å². The van der Waals surface area contributed by atoms with Crippen molar-refractivity contribution >= 4 is 98.3 Å². The molecule has 1 rings (SSSR count). The summed E-state index contributed by atoms with van der Waals surface area (Å²) < 4.78 is 53.3. The molecule has 0 atom stereocenters. The quantitative estimate of drug-likeness (QED) is 0.0798. The standard InChI is InChI=1S/C6H12O6.K.6H3O4P/c7-1-2(8)4(10)6(12)5(11)3(1)9;;6*1-5(2,3)4/h1-12H;;6*(H3,1,2,3,4). The molecule has 24 N–H and O–H groups in total. The zero-order valence-electron chi connectivity index (χ0n) is 20.3. The zero-order valence-corrected chi connectivity index (χ0v) is 28.8. The van der Waals surface area contributed by atoms with Gasteiger partial charge in [0.15, 0.2) is 0 Å². The van der Waals surface area contributed by atoms with E-state index in [2.05, 4.69) is 0 Å².